The molecule has 0 saturated carbocycles. The zero-order valence-electron chi connectivity index (χ0n) is 13.9. The monoisotopic (exact) mass is 367 g/mol. The molecular weight excluding hydrogens is 351 g/mol. The fourth-order valence-corrected chi connectivity index (χ4v) is 3.37. The molecule has 2 nitrogen and oxygen atoms in total. The first kappa shape index (κ1) is 19.3. The van der Waals surface area contributed by atoms with Gasteiger partial charge in [-0.3, -0.25) is 0 Å². The zero-order valence-corrected chi connectivity index (χ0v) is 14.7. The molecule has 0 aliphatic heterocycles. The molecule has 0 amide bonds. The van der Waals surface area contributed by atoms with Crippen molar-refractivity contribution in [3.05, 3.63) is 69.2 Å². The van der Waals surface area contributed by atoms with Crippen LogP contribution in [-0.4, -0.2) is 11.3 Å². The fourth-order valence-electron chi connectivity index (χ4n) is 3.07. The van der Waals surface area contributed by atoms with Crippen molar-refractivity contribution in [1.29, 1.82) is 5.26 Å². The molecule has 0 radical (unpaired) electrons. The van der Waals surface area contributed by atoms with Gasteiger partial charge in [-0.2, -0.15) is 18.4 Å². The maximum absolute atomic E-state index is 13.9. The third kappa shape index (κ3) is 3.24. The first-order chi connectivity index (χ1) is 11.5. The largest absolute Gasteiger partial charge is 0.422 e. The number of hydrogen-bond acceptors (Lipinski definition) is 2. The smallest absolute Gasteiger partial charge is 0.376 e. The van der Waals surface area contributed by atoms with Crippen LogP contribution in [0.5, 0.6) is 0 Å². The average Bonchev–Trinajstić information content (AvgIpc) is 2.52. The van der Waals surface area contributed by atoms with Crippen molar-refractivity contribution < 1.29 is 18.3 Å². The molecule has 0 spiro atoms. The number of alkyl halides is 3. The van der Waals surface area contributed by atoms with Gasteiger partial charge in [-0.25, -0.2) is 0 Å². The predicted octanol–water partition coefficient (Wildman–Crippen LogP) is 5.38. The third-order valence-electron chi connectivity index (χ3n) is 4.52. The Kier molecular flexibility index (Phi) is 5.17. The molecule has 2 unspecified atom stereocenters. The van der Waals surface area contributed by atoms with E-state index in [9.17, 15) is 18.3 Å². The lowest BCUT2D eigenvalue weighted by Gasteiger charge is -2.37. The van der Waals surface area contributed by atoms with Gasteiger partial charge in [0.25, 0.3) is 0 Å². The Morgan fingerprint density at radius 3 is 2.08 bits per heavy atom. The van der Waals surface area contributed by atoms with E-state index in [1.165, 1.54) is 31.2 Å². The summed E-state index contributed by atoms with van der Waals surface area (Å²) in [5.74, 6) is -1.34. The van der Waals surface area contributed by atoms with Gasteiger partial charge in [-0.15, -0.1) is 0 Å². The Balaban J connectivity index is 2.73. The highest BCUT2D eigenvalue weighted by Crippen LogP contribution is 2.50. The molecule has 2 rings (SSSR count). The fraction of sp³-hybridized carbons (Fsp3) is 0.316. The van der Waals surface area contributed by atoms with E-state index < -0.39 is 17.7 Å². The summed E-state index contributed by atoms with van der Waals surface area (Å²) < 4.78 is 41.8. The molecule has 0 aliphatic carbocycles. The van der Waals surface area contributed by atoms with E-state index in [4.69, 9.17) is 16.9 Å². The molecule has 0 saturated heterocycles. The summed E-state index contributed by atoms with van der Waals surface area (Å²) >= 11 is 6.05. The summed E-state index contributed by atoms with van der Waals surface area (Å²) in [6.45, 7) is 4.38. The van der Waals surface area contributed by atoms with Crippen molar-refractivity contribution in [3.8, 4) is 6.07 Å². The molecule has 0 fully saturated rings. The Bertz CT molecular complexity index is 818. The second-order valence-electron chi connectivity index (χ2n) is 6.10. The van der Waals surface area contributed by atoms with E-state index in [-0.39, 0.29) is 16.1 Å². The van der Waals surface area contributed by atoms with Crippen LogP contribution in [0.3, 0.4) is 0 Å². The van der Waals surface area contributed by atoms with Crippen LogP contribution in [0.15, 0.2) is 36.4 Å². The van der Waals surface area contributed by atoms with Gasteiger partial charge in [-0.05, 0) is 42.2 Å². The standard InChI is InChI=1S/C19H17ClF3NO/c1-11-8-14(9-12(2)16(11)10-24)18(25,19(21,22)23)13(3)15-6-4-5-7-17(15)20/h4-9,13,25H,1-3H3. The van der Waals surface area contributed by atoms with Gasteiger partial charge in [0.05, 0.1) is 11.6 Å². The third-order valence-corrected chi connectivity index (χ3v) is 4.86. The highest BCUT2D eigenvalue weighted by Gasteiger charge is 2.59. The number of benzene rings is 2. The predicted molar refractivity (Wildman–Crippen MR) is 90.4 cm³/mol. The minimum atomic E-state index is -4.93. The Morgan fingerprint density at radius 2 is 1.64 bits per heavy atom. The summed E-state index contributed by atoms with van der Waals surface area (Å²) in [6.07, 6.45) is -4.93. The quantitative estimate of drug-likeness (QED) is 0.791. The molecule has 25 heavy (non-hydrogen) atoms. The van der Waals surface area contributed by atoms with Crippen molar-refractivity contribution >= 4 is 11.6 Å². The number of hydrogen-bond donors (Lipinski definition) is 1. The van der Waals surface area contributed by atoms with Gasteiger partial charge >= 0.3 is 6.18 Å². The number of aliphatic hydroxyl groups is 1. The molecule has 1 N–H and O–H groups in total. The van der Waals surface area contributed by atoms with Crippen LogP contribution in [0.4, 0.5) is 13.2 Å². The molecule has 0 bridgehead atoms. The van der Waals surface area contributed by atoms with E-state index in [1.807, 2.05) is 6.07 Å². The van der Waals surface area contributed by atoms with Crippen LogP contribution in [0.2, 0.25) is 5.02 Å². The first-order valence-corrected chi connectivity index (χ1v) is 7.97. The van der Waals surface area contributed by atoms with Crippen molar-refractivity contribution in [1.82, 2.24) is 0 Å². The van der Waals surface area contributed by atoms with Crippen molar-refractivity contribution in [2.45, 2.75) is 38.5 Å². The van der Waals surface area contributed by atoms with Crippen LogP contribution in [-0.2, 0) is 5.60 Å². The van der Waals surface area contributed by atoms with Crippen LogP contribution in [0.25, 0.3) is 0 Å². The van der Waals surface area contributed by atoms with Gasteiger partial charge in [-0.1, -0.05) is 48.9 Å². The number of aryl methyl sites for hydroxylation is 2. The number of nitriles is 1. The van der Waals surface area contributed by atoms with Crippen LogP contribution in [0.1, 0.15) is 40.7 Å². The van der Waals surface area contributed by atoms with Crippen LogP contribution in [0, 0.1) is 25.2 Å². The molecule has 6 heteroatoms. The molecule has 2 atom stereocenters. The molecule has 2 aromatic rings. The van der Waals surface area contributed by atoms with Gasteiger partial charge < -0.3 is 5.11 Å². The second kappa shape index (κ2) is 6.70. The molecule has 0 aliphatic rings. The molecular formula is C19H17ClF3NO. The summed E-state index contributed by atoms with van der Waals surface area (Å²) in [5, 5.41) is 20.1. The van der Waals surface area contributed by atoms with E-state index in [0.29, 0.717) is 16.7 Å². The van der Waals surface area contributed by atoms with Gasteiger partial charge in [0.1, 0.15) is 0 Å². The SMILES string of the molecule is Cc1cc(C(O)(C(C)c2ccccc2Cl)C(F)(F)F)cc(C)c1C#N. The minimum Gasteiger partial charge on any atom is -0.376 e. The zero-order chi connectivity index (χ0) is 19.0. The second-order valence-corrected chi connectivity index (χ2v) is 6.51. The summed E-state index contributed by atoms with van der Waals surface area (Å²) in [5.41, 5.74) is -2.18. The van der Waals surface area contributed by atoms with Crippen LogP contribution >= 0.6 is 11.6 Å². The number of nitrogens with zero attached hydrogens (tertiary/aromatic N) is 1. The van der Waals surface area contributed by atoms with Gasteiger partial charge in [0.15, 0.2) is 5.60 Å². The van der Waals surface area contributed by atoms with Gasteiger partial charge in [0.2, 0.25) is 0 Å². The van der Waals surface area contributed by atoms with Crippen molar-refractivity contribution in [2.24, 2.45) is 0 Å². The van der Waals surface area contributed by atoms with Gasteiger partial charge in [0, 0.05) is 10.9 Å². The maximum Gasteiger partial charge on any atom is 0.422 e. The van der Waals surface area contributed by atoms with E-state index in [1.54, 1.807) is 26.0 Å². The molecule has 0 aromatic heterocycles. The number of halogens is 4. The summed E-state index contributed by atoms with van der Waals surface area (Å²) in [4.78, 5) is 0. The molecule has 0 heterocycles. The van der Waals surface area contributed by atoms with Crippen LogP contribution < -0.4 is 0 Å². The minimum absolute atomic E-state index is 0.153. The average molecular weight is 368 g/mol. The van der Waals surface area contributed by atoms with E-state index >= 15 is 0 Å². The normalized spacial score (nSPS) is 15.3. The van der Waals surface area contributed by atoms with E-state index in [0.717, 1.165) is 0 Å². The molecule has 2 aromatic carbocycles. The van der Waals surface area contributed by atoms with E-state index in [2.05, 4.69) is 0 Å². The maximum atomic E-state index is 13.9. The lowest BCUT2D eigenvalue weighted by molar-refractivity contribution is -0.274. The lowest BCUT2D eigenvalue weighted by Crippen LogP contribution is -2.46. The van der Waals surface area contributed by atoms with Crippen molar-refractivity contribution in [2.75, 3.05) is 0 Å². The lowest BCUT2D eigenvalue weighted by atomic mass is 9.76. The summed E-state index contributed by atoms with van der Waals surface area (Å²) in [7, 11) is 0. The number of rotatable bonds is 3. The Labute approximate surface area is 149 Å². The Hall–Kier alpha value is -2.03. The highest BCUT2D eigenvalue weighted by molar-refractivity contribution is 6.31. The van der Waals surface area contributed by atoms with Crippen molar-refractivity contribution in [3.63, 3.8) is 0 Å². The molecule has 132 valence electrons. The topological polar surface area (TPSA) is 44.0 Å². The summed E-state index contributed by atoms with van der Waals surface area (Å²) in [6, 6.07) is 10.5. The highest BCUT2D eigenvalue weighted by atomic mass is 35.5. The Morgan fingerprint density at radius 1 is 1.12 bits per heavy atom. The first-order valence-electron chi connectivity index (χ1n) is 7.59.